The maximum atomic E-state index is 13.2. The first-order valence-electron chi connectivity index (χ1n) is 10.5. The molecule has 1 N–H and O–H groups in total. The molecule has 7 nitrogen and oxygen atoms in total. The Labute approximate surface area is 181 Å². The van der Waals surface area contributed by atoms with Crippen LogP contribution < -0.4 is 10.9 Å². The van der Waals surface area contributed by atoms with Gasteiger partial charge in [0.1, 0.15) is 5.56 Å². The highest BCUT2D eigenvalue weighted by Crippen LogP contribution is 2.31. The van der Waals surface area contributed by atoms with Crippen LogP contribution in [0, 0.1) is 0 Å². The van der Waals surface area contributed by atoms with E-state index in [9.17, 15) is 9.59 Å². The second-order valence-electron chi connectivity index (χ2n) is 7.47. The molecule has 1 aliphatic heterocycles. The third-order valence-corrected chi connectivity index (χ3v) is 5.40. The van der Waals surface area contributed by atoms with Gasteiger partial charge in [-0.25, -0.2) is 4.68 Å². The summed E-state index contributed by atoms with van der Waals surface area (Å²) in [6.45, 7) is 4.28. The molecule has 3 aromatic rings. The molecule has 7 heteroatoms. The van der Waals surface area contributed by atoms with Gasteiger partial charge in [0.25, 0.3) is 11.5 Å². The normalized spacial score (nSPS) is 14.4. The Morgan fingerprint density at radius 1 is 1.00 bits per heavy atom. The van der Waals surface area contributed by atoms with Crippen LogP contribution in [0.3, 0.4) is 0 Å². The van der Waals surface area contributed by atoms with E-state index < -0.39 is 5.56 Å². The summed E-state index contributed by atoms with van der Waals surface area (Å²) in [5, 5.41) is 7.46. The number of aryl methyl sites for hydroxylation is 1. The Bertz CT molecular complexity index is 1090. The lowest BCUT2D eigenvalue weighted by Gasteiger charge is -2.26. The van der Waals surface area contributed by atoms with Gasteiger partial charge in [-0.15, -0.1) is 0 Å². The Kier molecular flexibility index (Phi) is 6.54. The zero-order valence-corrected chi connectivity index (χ0v) is 17.6. The van der Waals surface area contributed by atoms with Crippen molar-refractivity contribution in [1.82, 2.24) is 20.0 Å². The van der Waals surface area contributed by atoms with E-state index in [0.29, 0.717) is 37.6 Å². The van der Waals surface area contributed by atoms with Gasteiger partial charge in [0.15, 0.2) is 0 Å². The van der Waals surface area contributed by atoms with Gasteiger partial charge < -0.3 is 10.1 Å². The van der Waals surface area contributed by atoms with Crippen molar-refractivity contribution >= 4 is 5.91 Å². The standard InChI is InChI=1S/C24H26N4O3/c1-27-24(30)21(23(29)25-12-13-28-14-16-31-17-15-28)20(18-8-4-2-5-9-18)22(26-27)19-10-6-3-7-11-19/h2-11H,12-17H2,1H3,(H,25,29). The number of hydrogen-bond acceptors (Lipinski definition) is 5. The number of nitrogens with zero attached hydrogens (tertiary/aromatic N) is 3. The van der Waals surface area contributed by atoms with E-state index in [4.69, 9.17) is 4.74 Å². The summed E-state index contributed by atoms with van der Waals surface area (Å²) < 4.78 is 6.61. The molecule has 0 unspecified atom stereocenters. The van der Waals surface area contributed by atoms with Crippen LogP contribution in [0.15, 0.2) is 65.5 Å². The van der Waals surface area contributed by atoms with Crippen molar-refractivity contribution < 1.29 is 9.53 Å². The van der Waals surface area contributed by atoms with Gasteiger partial charge in [0.2, 0.25) is 0 Å². The van der Waals surface area contributed by atoms with Crippen LogP contribution in [-0.4, -0.2) is 60.0 Å². The zero-order chi connectivity index (χ0) is 21.6. The molecule has 1 aliphatic rings. The fraction of sp³-hybridized carbons (Fsp3) is 0.292. The van der Waals surface area contributed by atoms with Gasteiger partial charge >= 0.3 is 0 Å². The SMILES string of the molecule is Cn1nc(-c2ccccc2)c(-c2ccccc2)c(C(=O)NCCN2CCOCC2)c1=O. The number of morpholine rings is 1. The van der Waals surface area contributed by atoms with E-state index in [2.05, 4.69) is 15.3 Å². The second kappa shape index (κ2) is 9.68. The van der Waals surface area contributed by atoms with Crippen molar-refractivity contribution in [2.45, 2.75) is 0 Å². The molecule has 0 saturated carbocycles. The first kappa shape index (κ1) is 21.0. The Morgan fingerprint density at radius 2 is 1.61 bits per heavy atom. The number of hydrogen-bond donors (Lipinski definition) is 1. The second-order valence-corrected chi connectivity index (χ2v) is 7.47. The van der Waals surface area contributed by atoms with Crippen LogP contribution in [0.5, 0.6) is 0 Å². The van der Waals surface area contributed by atoms with Gasteiger partial charge in [0.05, 0.1) is 18.9 Å². The summed E-state index contributed by atoms with van der Waals surface area (Å²) in [4.78, 5) is 28.5. The molecule has 0 spiro atoms. The van der Waals surface area contributed by atoms with Gasteiger partial charge in [-0.1, -0.05) is 60.7 Å². The molecule has 1 amide bonds. The summed E-state index contributed by atoms with van der Waals surface area (Å²) in [7, 11) is 1.58. The monoisotopic (exact) mass is 418 g/mol. The number of carbonyl (C=O) groups excluding carboxylic acids is 1. The lowest BCUT2D eigenvalue weighted by Crippen LogP contribution is -2.42. The number of amides is 1. The van der Waals surface area contributed by atoms with Crippen LogP contribution in [0.25, 0.3) is 22.4 Å². The fourth-order valence-corrected chi connectivity index (χ4v) is 3.77. The molecule has 0 radical (unpaired) electrons. The summed E-state index contributed by atoms with van der Waals surface area (Å²) in [6.07, 6.45) is 0. The summed E-state index contributed by atoms with van der Waals surface area (Å²) in [5.41, 5.74) is 2.49. The van der Waals surface area contributed by atoms with E-state index in [0.717, 1.165) is 24.2 Å². The largest absolute Gasteiger partial charge is 0.379 e. The highest BCUT2D eigenvalue weighted by atomic mass is 16.5. The van der Waals surface area contributed by atoms with E-state index in [1.807, 2.05) is 60.7 Å². The average Bonchev–Trinajstić information content (AvgIpc) is 2.82. The molecule has 0 aliphatic carbocycles. The quantitative estimate of drug-likeness (QED) is 0.664. The third kappa shape index (κ3) is 4.73. The van der Waals surface area contributed by atoms with Gasteiger partial charge in [-0.05, 0) is 5.56 Å². The van der Waals surface area contributed by atoms with Crippen molar-refractivity contribution in [3.8, 4) is 22.4 Å². The molecule has 2 aromatic carbocycles. The molecule has 0 bridgehead atoms. The van der Waals surface area contributed by atoms with Crippen molar-refractivity contribution in [1.29, 1.82) is 0 Å². The van der Waals surface area contributed by atoms with Crippen molar-refractivity contribution in [2.24, 2.45) is 7.05 Å². The van der Waals surface area contributed by atoms with Gasteiger partial charge in [-0.3, -0.25) is 14.5 Å². The molecule has 0 atom stereocenters. The summed E-state index contributed by atoms with van der Waals surface area (Å²) in [6, 6.07) is 19.1. The number of nitrogens with one attached hydrogen (secondary N) is 1. The molecule has 4 rings (SSSR count). The maximum absolute atomic E-state index is 13.2. The average molecular weight is 418 g/mol. The molecule has 31 heavy (non-hydrogen) atoms. The molecule has 2 heterocycles. The maximum Gasteiger partial charge on any atom is 0.280 e. The molecule has 160 valence electrons. The number of ether oxygens (including phenoxy) is 1. The fourth-order valence-electron chi connectivity index (χ4n) is 3.77. The predicted molar refractivity (Wildman–Crippen MR) is 120 cm³/mol. The predicted octanol–water partition coefficient (Wildman–Crippen LogP) is 2.18. The van der Waals surface area contributed by atoms with Crippen LogP contribution in [0.4, 0.5) is 0 Å². The number of aromatic nitrogens is 2. The first-order valence-corrected chi connectivity index (χ1v) is 10.5. The number of rotatable bonds is 6. The summed E-state index contributed by atoms with van der Waals surface area (Å²) >= 11 is 0. The van der Waals surface area contributed by atoms with Gasteiger partial charge in [0, 0.05) is 44.4 Å². The van der Waals surface area contributed by atoms with Crippen molar-refractivity contribution in [2.75, 3.05) is 39.4 Å². The first-order chi connectivity index (χ1) is 15.1. The Balaban J connectivity index is 1.72. The summed E-state index contributed by atoms with van der Waals surface area (Å²) in [5.74, 6) is -0.382. The molecular weight excluding hydrogens is 392 g/mol. The van der Waals surface area contributed by atoms with E-state index in [1.54, 1.807) is 7.05 Å². The number of benzene rings is 2. The van der Waals surface area contributed by atoms with Crippen LogP contribution in [0.1, 0.15) is 10.4 Å². The van der Waals surface area contributed by atoms with Crippen LogP contribution >= 0.6 is 0 Å². The molecule has 1 fully saturated rings. The molecular formula is C24H26N4O3. The third-order valence-electron chi connectivity index (χ3n) is 5.40. The molecule has 1 saturated heterocycles. The van der Waals surface area contributed by atoms with E-state index in [-0.39, 0.29) is 11.5 Å². The highest BCUT2D eigenvalue weighted by Gasteiger charge is 2.24. The van der Waals surface area contributed by atoms with E-state index in [1.165, 1.54) is 4.68 Å². The van der Waals surface area contributed by atoms with E-state index >= 15 is 0 Å². The minimum absolute atomic E-state index is 0.115. The number of carbonyl (C=O) groups is 1. The topological polar surface area (TPSA) is 76.5 Å². The van der Waals surface area contributed by atoms with Crippen molar-refractivity contribution in [3.63, 3.8) is 0 Å². The smallest absolute Gasteiger partial charge is 0.280 e. The Morgan fingerprint density at radius 3 is 2.26 bits per heavy atom. The lowest BCUT2D eigenvalue weighted by atomic mass is 9.95. The van der Waals surface area contributed by atoms with Crippen LogP contribution in [-0.2, 0) is 11.8 Å². The minimum Gasteiger partial charge on any atom is -0.379 e. The van der Waals surface area contributed by atoms with Crippen LogP contribution in [0.2, 0.25) is 0 Å². The van der Waals surface area contributed by atoms with Gasteiger partial charge in [-0.2, -0.15) is 5.10 Å². The zero-order valence-electron chi connectivity index (χ0n) is 17.6. The molecule has 1 aromatic heterocycles. The highest BCUT2D eigenvalue weighted by molar-refractivity contribution is 6.03. The van der Waals surface area contributed by atoms with Crippen molar-refractivity contribution in [3.05, 3.63) is 76.6 Å². The Hall–Kier alpha value is -3.29. The minimum atomic E-state index is -0.414. The lowest BCUT2D eigenvalue weighted by molar-refractivity contribution is 0.0383.